The molecule has 0 atom stereocenters. The first-order chi connectivity index (χ1) is 9.49. The van der Waals surface area contributed by atoms with E-state index < -0.39 is 18.6 Å². The summed E-state index contributed by atoms with van der Waals surface area (Å²) in [6, 6.07) is 5.48. The molecule has 0 radical (unpaired) electrons. The minimum Gasteiger partial charge on any atom is -0.481 e. The van der Waals surface area contributed by atoms with E-state index in [1.54, 1.807) is 6.07 Å². The summed E-state index contributed by atoms with van der Waals surface area (Å²) in [6.07, 6.45) is -0.196. The molecule has 0 heterocycles. The molecule has 1 aromatic carbocycles. The Balaban J connectivity index is 2.44. The molecule has 0 saturated heterocycles. The molecule has 6 nitrogen and oxygen atoms in total. The van der Waals surface area contributed by atoms with Gasteiger partial charge in [-0.2, -0.15) is 8.78 Å². The highest BCUT2D eigenvalue weighted by atomic mass is 19.3. The number of rotatable bonds is 7. The summed E-state index contributed by atoms with van der Waals surface area (Å²) in [5.74, 6) is -1.05. The van der Waals surface area contributed by atoms with Crippen LogP contribution in [0.4, 0.5) is 13.6 Å². The Labute approximate surface area is 113 Å². The minimum absolute atomic E-state index is 0.0121. The molecule has 20 heavy (non-hydrogen) atoms. The average Bonchev–Trinajstić information content (AvgIpc) is 2.36. The van der Waals surface area contributed by atoms with Gasteiger partial charge < -0.3 is 20.5 Å². The highest BCUT2D eigenvalue weighted by Crippen LogP contribution is 2.19. The van der Waals surface area contributed by atoms with Crippen LogP contribution in [0.1, 0.15) is 12.0 Å². The fourth-order valence-electron chi connectivity index (χ4n) is 1.38. The van der Waals surface area contributed by atoms with Gasteiger partial charge in [-0.25, -0.2) is 4.79 Å². The van der Waals surface area contributed by atoms with E-state index in [4.69, 9.17) is 5.11 Å². The van der Waals surface area contributed by atoms with E-state index in [2.05, 4.69) is 15.4 Å². The number of ether oxygens (including phenoxy) is 1. The Morgan fingerprint density at radius 1 is 1.25 bits per heavy atom. The number of hydrogen-bond acceptors (Lipinski definition) is 3. The Morgan fingerprint density at radius 3 is 2.60 bits per heavy atom. The summed E-state index contributed by atoms with van der Waals surface area (Å²) in [6.45, 7) is -2.97. The fraction of sp³-hybridized carbons (Fsp3) is 0.333. The van der Waals surface area contributed by atoms with Crippen LogP contribution in [0.2, 0.25) is 0 Å². The predicted octanol–water partition coefficient (Wildman–Crippen LogP) is 1.56. The van der Waals surface area contributed by atoms with Crippen LogP contribution in [0.3, 0.4) is 0 Å². The maximum atomic E-state index is 12.2. The van der Waals surface area contributed by atoms with E-state index in [-0.39, 0.29) is 25.3 Å². The van der Waals surface area contributed by atoms with Crippen LogP contribution in [0, 0.1) is 0 Å². The summed E-state index contributed by atoms with van der Waals surface area (Å²) >= 11 is 0. The van der Waals surface area contributed by atoms with Crippen molar-refractivity contribution in [1.29, 1.82) is 0 Å². The van der Waals surface area contributed by atoms with E-state index in [9.17, 15) is 18.4 Å². The molecule has 110 valence electrons. The lowest BCUT2D eigenvalue weighted by Crippen LogP contribution is -2.36. The molecule has 0 spiro atoms. The Kier molecular flexibility index (Phi) is 6.21. The first-order valence-electron chi connectivity index (χ1n) is 5.75. The fourth-order valence-corrected chi connectivity index (χ4v) is 1.38. The number of carbonyl (C=O) groups is 2. The van der Waals surface area contributed by atoms with Gasteiger partial charge in [0.2, 0.25) is 0 Å². The number of amides is 2. The van der Waals surface area contributed by atoms with Crippen LogP contribution in [0.25, 0.3) is 0 Å². The molecule has 0 aliphatic carbocycles. The number of para-hydroxylation sites is 1. The summed E-state index contributed by atoms with van der Waals surface area (Å²) in [5.41, 5.74) is 0.390. The monoisotopic (exact) mass is 288 g/mol. The van der Waals surface area contributed by atoms with E-state index in [1.807, 2.05) is 0 Å². The standard InChI is InChI=1S/C12H14F2N2O4/c13-11(14)20-9-4-2-1-3-8(9)7-16-12(19)15-6-5-10(17)18/h1-4,11H,5-7H2,(H,17,18)(H2,15,16,19). The molecule has 0 aromatic heterocycles. The molecule has 0 aliphatic rings. The van der Waals surface area contributed by atoms with Crippen LogP contribution in [0.15, 0.2) is 24.3 Å². The normalized spacial score (nSPS) is 10.2. The molecular formula is C12H14F2N2O4. The molecule has 0 saturated carbocycles. The van der Waals surface area contributed by atoms with E-state index >= 15 is 0 Å². The maximum Gasteiger partial charge on any atom is 0.387 e. The molecule has 0 bridgehead atoms. The molecule has 3 N–H and O–H groups in total. The van der Waals surface area contributed by atoms with Crippen LogP contribution < -0.4 is 15.4 Å². The van der Waals surface area contributed by atoms with Crippen molar-refractivity contribution in [2.75, 3.05) is 6.54 Å². The van der Waals surface area contributed by atoms with Crippen molar-refractivity contribution in [2.45, 2.75) is 19.6 Å². The van der Waals surface area contributed by atoms with Crippen LogP contribution >= 0.6 is 0 Å². The van der Waals surface area contributed by atoms with E-state index in [0.29, 0.717) is 5.56 Å². The summed E-state index contributed by atoms with van der Waals surface area (Å²) < 4.78 is 28.6. The summed E-state index contributed by atoms with van der Waals surface area (Å²) in [4.78, 5) is 21.6. The van der Waals surface area contributed by atoms with Crippen molar-refractivity contribution in [3.8, 4) is 5.75 Å². The zero-order valence-electron chi connectivity index (χ0n) is 10.4. The lowest BCUT2D eigenvalue weighted by Gasteiger charge is -2.11. The van der Waals surface area contributed by atoms with Gasteiger partial charge in [-0.3, -0.25) is 4.79 Å². The zero-order valence-corrected chi connectivity index (χ0v) is 10.4. The number of carbonyl (C=O) groups excluding carboxylic acids is 1. The summed E-state index contributed by atoms with van der Waals surface area (Å²) in [5, 5.41) is 13.1. The van der Waals surface area contributed by atoms with Crippen molar-refractivity contribution in [3.05, 3.63) is 29.8 Å². The van der Waals surface area contributed by atoms with Crippen LogP contribution in [-0.2, 0) is 11.3 Å². The number of carboxylic acid groups (broad SMARTS) is 1. The number of urea groups is 1. The van der Waals surface area contributed by atoms with Gasteiger partial charge in [0.05, 0.1) is 6.42 Å². The van der Waals surface area contributed by atoms with Gasteiger partial charge in [0.15, 0.2) is 0 Å². The van der Waals surface area contributed by atoms with Gasteiger partial charge in [-0.1, -0.05) is 18.2 Å². The maximum absolute atomic E-state index is 12.2. The molecule has 1 aromatic rings. The van der Waals surface area contributed by atoms with Crippen molar-refractivity contribution >= 4 is 12.0 Å². The van der Waals surface area contributed by atoms with Crippen molar-refractivity contribution in [1.82, 2.24) is 10.6 Å². The molecule has 0 unspecified atom stereocenters. The molecule has 0 fully saturated rings. The topological polar surface area (TPSA) is 87.7 Å². The molecule has 0 aliphatic heterocycles. The average molecular weight is 288 g/mol. The highest BCUT2D eigenvalue weighted by Gasteiger charge is 2.10. The lowest BCUT2D eigenvalue weighted by atomic mass is 10.2. The summed E-state index contributed by atoms with van der Waals surface area (Å²) in [7, 11) is 0. The number of aliphatic carboxylic acids is 1. The van der Waals surface area contributed by atoms with E-state index in [1.165, 1.54) is 18.2 Å². The second kappa shape index (κ2) is 7.93. The number of alkyl halides is 2. The Hall–Kier alpha value is -2.38. The Bertz CT molecular complexity index is 469. The number of nitrogens with one attached hydrogen (secondary N) is 2. The van der Waals surface area contributed by atoms with Crippen LogP contribution in [-0.4, -0.2) is 30.3 Å². The van der Waals surface area contributed by atoms with Crippen LogP contribution in [0.5, 0.6) is 5.75 Å². The molecule has 2 amide bonds. The minimum atomic E-state index is -2.94. The molecular weight excluding hydrogens is 274 g/mol. The van der Waals surface area contributed by atoms with Crippen molar-refractivity contribution < 1.29 is 28.2 Å². The lowest BCUT2D eigenvalue weighted by molar-refractivity contribution is -0.136. The van der Waals surface area contributed by atoms with Gasteiger partial charge in [-0.05, 0) is 6.07 Å². The van der Waals surface area contributed by atoms with Gasteiger partial charge in [0.1, 0.15) is 5.75 Å². The van der Waals surface area contributed by atoms with Gasteiger partial charge in [-0.15, -0.1) is 0 Å². The zero-order chi connectivity index (χ0) is 15.0. The van der Waals surface area contributed by atoms with Gasteiger partial charge in [0.25, 0.3) is 0 Å². The van der Waals surface area contributed by atoms with Crippen molar-refractivity contribution in [3.63, 3.8) is 0 Å². The number of hydrogen-bond donors (Lipinski definition) is 3. The highest BCUT2D eigenvalue weighted by molar-refractivity contribution is 5.75. The predicted molar refractivity (Wildman–Crippen MR) is 65.6 cm³/mol. The first kappa shape index (κ1) is 15.7. The van der Waals surface area contributed by atoms with Crippen molar-refractivity contribution in [2.24, 2.45) is 0 Å². The quantitative estimate of drug-likeness (QED) is 0.710. The second-order valence-corrected chi connectivity index (χ2v) is 3.74. The number of halogens is 2. The SMILES string of the molecule is O=C(O)CCNC(=O)NCc1ccccc1OC(F)F. The largest absolute Gasteiger partial charge is 0.481 e. The number of carboxylic acids is 1. The Morgan fingerprint density at radius 2 is 1.95 bits per heavy atom. The smallest absolute Gasteiger partial charge is 0.387 e. The van der Waals surface area contributed by atoms with Gasteiger partial charge >= 0.3 is 18.6 Å². The third-order valence-corrected chi connectivity index (χ3v) is 2.25. The third kappa shape index (κ3) is 5.98. The second-order valence-electron chi connectivity index (χ2n) is 3.74. The third-order valence-electron chi connectivity index (χ3n) is 2.25. The number of benzene rings is 1. The van der Waals surface area contributed by atoms with Gasteiger partial charge in [0, 0.05) is 18.7 Å². The van der Waals surface area contributed by atoms with E-state index in [0.717, 1.165) is 0 Å². The molecule has 8 heteroatoms. The first-order valence-corrected chi connectivity index (χ1v) is 5.75. The molecule has 1 rings (SSSR count).